The number of carbonyl (C=O) groups is 1. The Kier molecular flexibility index (Phi) is 6.03. The van der Waals surface area contributed by atoms with Gasteiger partial charge in [0.1, 0.15) is 0 Å². The molecule has 1 aliphatic carbocycles. The first kappa shape index (κ1) is 20.3. The second-order valence-electron chi connectivity index (χ2n) is 7.31. The van der Waals surface area contributed by atoms with Crippen LogP contribution in [0.1, 0.15) is 43.4 Å². The number of anilines is 1. The van der Waals surface area contributed by atoms with Gasteiger partial charge in [-0.1, -0.05) is 31.4 Å². The first-order valence-corrected chi connectivity index (χ1v) is 9.47. The number of carbonyl (C=O) groups excluding carboxylic acids is 1. The van der Waals surface area contributed by atoms with Crippen molar-refractivity contribution in [1.29, 1.82) is 0 Å². The van der Waals surface area contributed by atoms with Gasteiger partial charge in [-0.25, -0.2) is 0 Å². The van der Waals surface area contributed by atoms with Crippen molar-refractivity contribution in [3.05, 3.63) is 47.8 Å². The Hall–Kier alpha value is -2.41. The van der Waals surface area contributed by atoms with Crippen LogP contribution in [0.3, 0.4) is 0 Å². The van der Waals surface area contributed by atoms with E-state index in [-0.39, 0.29) is 17.4 Å². The summed E-state index contributed by atoms with van der Waals surface area (Å²) in [6.07, 6.45) is 1.95. The first-order valence-electron chi connectivity index (χ1n) is 9.47. The summed E-state index contributed by atoms with van der Waals surface area (Å²) in [6, 6.07) is 6.70. The molecule has 3 N–H and O–H groups in total. The summed E-state index contributed by atoms with van der Waals surface area (Å²) < 4.78 is 40.0. The fourth-order valence-corrected chi connectivity index (χ4v) is 3.82. The van der Waals surface area contributed by atoms with Gasteiger partial charge in [-0.05, 0) is 49.4 Å². The molecular formula is C21H24F3N3O. The maximum atomic E-state index is 13.3. The Morgan fingerprint density at radius 3 is 2.39 bits per heavy atom. The summed E-state index contributed by atoms with van der Waals surface area (Å²) in [4.78, 5) is 16.4. The highest BCUT2D eigenvalue weighted by Gasteiger charge is 2.34. The van der Waals surface area contributed by atoms with Crippen LogP contribution < -0.4 is 11.1 Å². The lowest BCUT2D eigenvalue weighted by Crippen LogP contribution is -2.42. The van der Waals surface area contributed by atoms with Gasteiger partial charge in [0.05, 0.1) is 11.6 Å². The third-order valence-electron chi connectivity index (χ3n) is 5.35. The van der Waals surface area contributed by atoms with Crippen LogP contribution in [0.4, 0.5) is 18.9 Å². The van der Waals surface area contributed by atoms with Crippen molar-refractivity contribution in [2.45, 2.75) is 51.2 Å². The van der Waals surface area contributed by atoms with Crippen molar-refractivity contribution in [2.75, 3.05) is 5.32 Å². The Bertz CT molecular complexity index is 828. The van der Waals surface area contributed by atoms with Crippen molar-refractivity contribution >= 4 is 11.6 Å². The maximum absolute atomic E-state index is 13.3. The number of nitrogens with one attached hydrogen (secondary N) is 1. The van der Waals surface area contributed by atoms with Crippen molar-refractivity contribution in [3.63, 3.8) is 0 Å². The summed E-state index contributed by atoms with van der Waals surface area (Å²) in [5.74, 6) is -0.0754. The number of rotatable bonds is 4. The number of halogens is 3. The fourth-order valence-electron chi connectivity index (χ4n) is 3.82. The minimum absolute atomic E-state index is 0.0479. The molecule has 0 radical (unpaired) electrons. The summed E-state index contributed by atoms with van der Waals surface area (Å²) in [5, 5.41) is 2.78. The molecule has 1 fully saturated rings. The van der Waals surface area contributed by atoms with E-state index in [9.17, 15) is 18.0 Å². The van der Waals surface area contributed by atoms with Gasteiger partial charge in [0.15, 0.2) is 0 Å². The molecule has 4 nitrogen and oxygen atoms in total. The van der Waals surface area contributed by atoms with E-state index in [1.807, 2.05) is 0 Å². The molecule has 28 heavy (non-hydrogen) atoms. The molecular weight excluding hydrogens is 367 g/mol. The highest BCUT2D eigenvalue weighted by Crippen LogP contribution is 2.38. The smallest absolute Gasteiger partial charge is 0.325 e. The molecule has 1 saturated carbocycles. The third kappa shape index (κ3) is 4.52. The summed E-state index contributed by atoms with van der Waals surface area (Å²) in [5.41, 5.74) is 6.63. The van der Waals surface area contributed by atoms with Gasteiger partial charge in [0.2, 0.25) is 5.91 Å². The number of nitrogens with two attached hydrogens (primary N) is 1. The van der Waals surface area contributed by atoms with Gasteiger partial charge < -0.3 is 11.1 Å². The fraction of sp³-hybridized carbons (Fsp3) is 0.429. The van der Waals surface area contributed by atoms with Gasteiger partial charge >= 0.3 is 6.18 Å². The van der Waals surface area contributed by atoms with Crippen molar-refractivity contribution in [2.24, 2.45) is 11.7 Å². The van der Waals surface area contributed by atoms with E-state index in [0.29, 0.717) is 16.9 Å². The Balaban J connectivity index is 1.77. The number of nitrogens with zero attached hydrogens (tertiary/aromatic N) is 1. The SMILES string of the molecule is Cc1nccc(C(F)(F)F)c1-c1ccc(NC(=O)[C@@H](N)C2CCCCC2)cc1. The van der Waals surface area contributed by atoms with Crippen molar-refractivity contribution < 1.29 is 18.0 Å². The van der Waals surface area contributed by atoms with E-state index in [0.717, 1.165) is 37.9 Å². The first-order chi connectivity index (χ1) is 13.3. The van der Waals surface area contributed by atoms with E-state index in [1.54, 1.807) is 31.2 Å². The van der Waals surface area contributed by atoms with Gasteiger partial charge in [-0.2, -0.15) is 13.2 Å². The standard InChI is InChI=1S/C21H24F3N3O/c1-13-18(17(11-12-26-13)21(22,23)24)14-7-9-16(10-8-14)27-20(28)19(25)15-5-3-2-4-6-15/h7-12,15,19H,2-6,25H2,1H3,(H,27,28)/t19-/m0/s1. The normalized spacial score (nSPS) is 16.6. The summed E-state index contributed by atoms with van der Waals surface area (Å²) in [6.45, 7) is 1.55. The lowest BCUT2D eigenvalue weighted by Gasteiger charge is -2.26. The van der Waals surface area contributed by atoms with Crippen molar-refractivity contribution in [1.82, 2.24) is 4.98 Å². The molecule has 0 spiro atoms. The molecule has 1 heterocycles. The highest BCUT2D eigenvalue weighted by atomic mass is 19.4. The van der Waals surface area contributed by atoms with Crippen LogP contribution in [-0.2, 0) is 11.0 Å². The molecule has 2 aromatic rings. The topological polar surface area (TPSA) is 68.0 Å². The number of aryl methyl sites for hydroxylation is 1. The zero-order valence-electron chi connectivity index (χ0n) is 15.7. The van der Waals surface area contributed by atoms with Crippen LogP contribution in [0.5, 0.6) is 0 Å². The number of benzene rings is 1. The largest absolute Gasteiger partial charge is 0.417 e. The molecule has 150 valence electrons. The zero-order valence-corrected chi connectivity index (χ0v) is 15.7. The monoisotopic (exact) mass is 391 g/mol. The summed E-state index contributed by atoms with van der Waals surface area (Å²) >= 11 is 0. The van der Waals surface area contributed by atoms with Crippen LogP contribution in [0.25, 0.3) is 11.1 Å². The molecule has 0 saturated heterocycles. The molecule has 3 rings (SSSR count). The molecule has 1 aliphatic rings. The van der Waals surface area contributed by atoms with E-state index in [4.69, 9.17) is 5.73 Å². The van der Waals surface area contributed by atoms with Crippen LogP contribution in [0.2, 0.25) is 0 Å². The minimum Gasteiger partial charge on any atom is -0.325 e. The quantitative estimate of drug-likeness (QED) is 0.777. The molecule has 1 aromatic heterocycles. The lowest BCUT2D eigenvalue weighted by molar-refractivity contribution is -0.137. The lowest BCUT2D eigenvalue weighted by atomic mass is 9.84. The van der Waals surface area contributed by atoms with Crippen molar-refractivity contribution in [3.8, 4) is 11.1 Å². The number of aromatic nitrogens is 1. The molecule has 1 amide bonds. The summed E-state index contributed by atoms with van der Waals surface area (Å²) in [7, 11) is 0. The molecule has 0 aliphatic heterocycles. The maximum Gasteiger partial charge on any atom is 0.417 e. The van der Waals surface area contributed by atoms with Crippen LogP contribution in [-0.4, -0.2) is 16.9 Å². The number of hydrogen-bond acceptors (Lipinski definition) is 3. The van der Waals surface area contributed by atoms with E-state index in [1.165, 1.54) is 6.42 Å². The number of amides is 1. The zero-order chi connectivity index (χ0) is 20.3. The van der Waals surface area contributed by atoms with Gasteiger partial charge in [-0.15, -0.1) is 0 Å². The highest BCUT2D eigenvalue weighted by molar-refractivity contribution is 5.95. The molecule has 1 atom stereocenters. The number of pyridine rings is 1. The number of alkyl halides is 3. The van der Waals surface area contributed by atoms with Gasteiger partial charge in [0, 0.05) is 23.1 Å². The molecule has 0 unspecified atom stereocenters. The molecule has 1 aromatic carbocycles. The third-order valence-corrected chi connectivity index (χ3v) is 5.35. The predicted molar refractivity (Wildman–Crippen MR) is 103 cm³/mol. The van der Waals surface area contributed by atoms with E-state index >= 15 is 0 Å². The minimum atomic E-state index is -4.47. The Labute approximate surface area is 162 Å². The van der Waals surface area contributed by atoms with Crippen LogP contribution >= 0.6 is 0 Å². The Morgan fingerprint density at radius 2 is 1.79 bits per heavy atom. The Morgan fingerprint density at radius 1 is 1.14 bits per heavy atom. The second kappa shape index (κ2) is 8.31. The van der Waals surface area contributed by atoms with Crippen LogP contribution in [0.15, 0.2) is 36.5 Å². The van der Waals surface area contributed by atoms with Gasteiger partial charge in [-0.3, -0.25) is 9.78 Å². The second-order valence-corrected chi connectivity index (χ2v) is 7.31. The predicted octanol–water partition coefficient (Wildman–Crippen LogP) is 4.92. The molecule has 7 heteroatoms. The average Bonchev–Trinajstić information content (AvgIpc) is 2.68. The molecule has 0 bridgehead atoms. The van der Waals surface area contributed by atoms with E-state index < -0.39 is 17.8 Å². The van der Waals surface area contributed by atoms with Crippen LogP contribution in [0, 0.1) is 12.8 Å². The van der Waals surface area contributed by atoms with E-state index in [2.05, 4.69) is 10.3 Å². The average molecular weight is 391 g/mol. The number of hydrogen-bond donors (Lipinski definition) is 2. The van der Waals surface area contributed by atoms with Gasteiger partial charge in [0.25, 0.3) is 0 Å².